The molecule has 3 heterocycles. The summed E-state index contributed by atoms with van der Waals surface area (Å²) in [6, 6.07) is 15.9. The molecule has 2 aliphatic rings. The Kier molecular flexibility index (Phi) is 5.35. The van der Waals surface area contributed by atoms with Crippen LogP contribution in [0.25, 0.3) is 16.1 Å². The predicted octanol–water partition coefficient (Wildman–Crippen LogP) is 3.75. The summed E-state index contributed by atoms with van der Waals surface area (Å²) in [6.07, 6.45) is 3.23. The zero-order chi connectivity index (χ0) is 23.7. The molecule has 2 amide bonds. The Morgan fingerprint density at radius 1 is 1.12 bits per heavy atom. The van der Waals surface area contributed by atoms with Crippen LogP contribution >= 0.6 is 0 Å². The lowest BCUT2D eigenvalue weighted by Crippen LogP contribution is -2.50. The third-order valence-electron chi connectivity index (χ3n) is 6.34. The topological polar surface area (TPSA) is 136 Å². The molecule has 34 heavy (non-hydrogen) atoms. The van der Waals surface area contributed by atoms with E-state index in [1.165, 1.54) is 0 Å². The highest BCUT2D eigenvalue weighted by Gasteiger charge is 2.44. The summed E-state index contributed by atoms with van der Waals surface area (Å²) >= 11 is 0. The van der Waals surface area contributed by atoms with Gasteiger partial charge in [-0.1, -0.05) is 5.11 Å². The van der Waals surface area contributed by atoms with E-state index in [-0.39, 0.29) is 12.6 Å². The van der Waals surface area contributed by atoms with Gasteiger partial charge < -0.3 is 24.7 Å². The summed E-state index contributed by atoms with van der Waals surface area (Å²) < 4.78 is 14.2. The second kappa shape index (κ2) is 8.49. The maximum absolute atomic E-state index is 13.0. The monoisotopic (exact) mass is 458 g/mol. The zero-order valence-electron chi connectivity index (χ0n) is 18.3. The van der Waals surface area contributed by atoms with Gasteiger partial charge in [0, 0.05) is 54.2 Å². The number of aromatic nitrogens is 1. The van der Waals surface area contributed by atoms with Crippen LogP contribution in [-0.4, -0.2) is 41.1 Å². The van der Waals surface area contributed by atoms with E-state index in [2.05, 4.69) is 20.7 Å². The van der Waals surface area contributed by atoms with Crippen molar-refractivity contribution in [3.05, 3.63) is 88.1 Å². The minimum absolute atomic E-state index is 0.0915. The summed E-state index contributed by atoms with van der Waals surface area (Å²) in [4.78, 5) is 28.8. The first-order valence-corrected chi connectivity index (χ1v) is 10.8. The lowest BCUT2D eigenvalue weighted by Gasteiger charge is -2.45. The molecule has 1 fully saturated rings. The molecule has 0 unspecified atom stereocenters. The Morgan fingerprint density at radius 3 is 2.56 bits per heavy atom. The molecule has 2 aliphatic heterocycles. The molecule has 2 N–H and O–H groups in total. The average Bonchev–Trinajstić information content (AvgIpc) is 3.36. The molecule has 0 atom stereocenters. The second-order valence-electron chi connectivity index (χ2n) is 8.23. The quantitative estimate of drug-likeness (QED) is 0.354. The fourth-order valence-electron chi connectivity index (χ4n) is 4.61. The van der Waals surface area contributed by atoms with Crippen LogP contribution in [-0.2, 0) is 5.60 Å². The highest BCUT2D eigenvalue weighted by Crippen LogP contribution is 2.46. The maximum atomic E-state index is 13.0. The number of hydrogen-bond donors (Lipinski definition) is 1. The van der Waals surface area contributed by atoms with Crippen molar-refractivity contribution in [3.8, 4) is 17.2 Å². The molecule has 1 spiro atoms. The average molecular weight is 458 g/mol. The molecular weight excluding hydrogens is 436 g/mol. The SMILES string of the molecule is [N-]=[N+]=NCOc1ccc2c(c1)OC1(CCN(C(=O)c3ccc(C(N)=O)cc3)CC1)c1cccn1-2. The van der Waals surface area contributed by atoms with Crippen molar-refractivity contribution in [2.45, 2.75) is 18.4 Å². The van der Waals surface area contributed by atoms with Crippen molar-refractivity contribution >= 4 is 11.8 Å². The minimum atomic E-state index is -0.577. The molecule has 3 aromatic rings. The van der Waals surface area contributed by atoms with Crippen molar-refractivity contribution in [2.75, 3.05) is 19.8 Å². The van der Waals surface area contributed by atoms with Gasteiger partial charge in [-0.3, -0.25) is 9.59 Å². The molecule has 10 nitrogen and oxygen atoms in total. The van der Waals surface area contributed by atoms with Crippen molar-refractivity contribution in [2.24, 2.45) is 10.8 Å². The van der Waals surface area contributed by atoms with E-state index in [1.807, 2.05) is 24.4 Å². The number of carbonyl (C=O) groups excluding carboxylic acids is 2. The van der Waals surface area contributed by atoms with Gasteiger partial charge in [-0.2, -0.15) is 0 Å². The molecule has 0 radical (unpaired) electrons. The molecule has 1 aromatic heterocycles. The Morgan fingerprint density at radius 2 is 1.85 bits per heavy atom. The largest absolute Gasteiger partial charge is 0.487 e. The van der Waals surface area contributed by atoms with Gasteiger partial charge >= 0.3 is 0 Å². The van der Waals surface area contributed by atoms with Gasteiger partial charge in [0.05, 0.1) is 11.4 Å². The van der Waals surface area contributed by atoms with Crippen LogP contribution in [0.1, 0.15) is 39.3 Å². The van der Waals surface area contributed by atoms with E-state index in [4.69, 9.17) is 20.7 Å². The summed E-state index contributed by atoms with van der Waals surface area (Å²) in [5, 5.41) is 3.41. The Labute approximate surface area is 195 Å². The fourth-order valence-corrected chi connectivity index (χ4v) is 4.61. The van der Waals surface area contributed by atoms with Crippen LogP contribution in [0.4, 0.5) is 0 Å². The smallest absolute Gasteiger partial charge is 0.253 e. The van der Waals surface area contributed by atoms with Crippen molar-refractivity contribution in [1.82, 2.24) is 9.47 Å². The Bertz CT molecular complexity index is 1300. The molecule has 0 saturated carbocycles. The van der Waals surface area contributed by atoms with Crippen molar-refractivity contribution in [1.29, 1.82) is 0 Å². The van der Waals surface area contributed by atoms with Crippen LogP contribution in [0, 0.1) is 0 Å². The van der Waals surface area contributed by atoms with Gasteiger partial charge in [-0.25, -0.2) is 0 Å². The van der Waals surface area contributed by atoms with Crippen molar-refractivity contribution < 1.29 is 19.1 Å². The number of piperidine rings is 1. The first-order chi connectivity index (χ1) is 16.5. The molecule has 1 saturated heterocycles. The van der Waals surface area contributed by atoms with E-state index < -0.39 is 11.5 Å². The van der Waals surface area contributed by atoms with E-state index in [0.717, 1.165) is 11.4 Å². The standard InChI is InChI=1S/C24H22N6O4/c25-22(31)16-3-5-17(6-4-16)23(32)29-12-9-24(10-13-29)21-2-1-11-30(21)19-8-7-18(14-20(19)34-24)33-15-27-28-26/h1-8,11,14H,9-10,12-13,15H2,(H2,25,31). The van der Waals surface area contributed by atoms with Crippen LogP contribution in [0.5, 0.6) is 11.5 Å². The second-order valence-corrected chi connectivity index (χ2v) is 8.23. The number of ether oxygens (including phenoxy) is 2. The van der Waals surface area contributed by atoms with Gasteiger partial charge in [0.1, 0.15) is 11.5 Å². The number of primary amides is 1. The van der Waals surface area contributed by atoms with Gasteiger partial charge in [0.25, 0.3) is 5.91 Å². The van der Waals surface area contributed by atoms with Gasteiger partial charge in [0.2, 0.25) is 5.91 Å². The van der Waals surface area contributed by atoms with E-state index in [1.54, 1.807) is 35.2 Å². The van der Waals surface area contributed by atoms with E-state index in [0.29, 0.717) is 48.6 Å². The number of benzene rings is 2. The molecule has 10 heteroatoms. The maximum Gasteiger partial charge on any atom is 0.253 e. The third kappa shape index (κ3) is 3.70. The van der Waals surface area contributed by atoms with Crippen molar-refractivity contribution in [3.63, 3.8) is 0 Å². The lowest BCUT2D eigenvalue weighted by molar-refractivity contribution is -0.00945. The summed E-state index contributed by atoms with van der Waals surface area (Å²) in [7, 11) is 0. The van der Waals surface area contributed by atoms with Crippen LogP contribution < -0.4 is 15.2 Å². The lowest BCUT2D eigenvalue weighted by atomic mass is 9.86. The summed E-state index contributed by atoms with van der Waals surface area (Å²) in [6.45, 7) is 0.931. The third-order valence-corrected chi connectivity index (χ3v) is 6.34. The Balaban J connectivity index is 1.35. The van der Waals surface area contributed by atoms with Crippen LogP contribution in [0.2, 0.25) is 0 Å². The molecule has 172 valence electrons. The predicted molar refractivity (Wildman–Crippen MR) is 123 cm³/mol. The minimum Gasteiger partial charge on any atom is -0.487 e. The number of amides is 2. The molecule has 0 bridgehead atoms. The molecular formula is C24H22N6O4. The highest BCUT2D eigenvalue weighted by atomic mass is 16.5. The van der Waals surface area contributed by atoms with E-state index in [9.17, 15) is 9.59 Å². The first-order valence-electron chi connectivity index (χ1n) is 10.8. The molecule has 0 aliphatic carbocycles. The van der Waals surface area contributed by atoms with Crippen LogP contribution in [0.15, 0.2) is 65.9 Å². The Hall–Kier alpha value is -4.43. The highest BCUT2D eigenvalue weighted by molar-refractivity contribution is 5.97. The number of nitrogens with zero attached hydrogens (tertiary/aromatic N) is 5. The number of likely N-dealkylation sites (tertiary alicyclic amines) is 1. The van der Waals surface area contributed by atoms with Gasteiger partial charge in [-0.05, 0) is 54.1 Å². The van der Waals surface area contributed by atoms with Gasteiger partial charge in [0.15, 0.2) is 12.3 Å². The number of carbonyl (C=O) groups is 2. The summed E-state index contributed by atoms with van der Waals surface area (Å²) in [5.74, 6) is 0.599. The van der Waals surface area contributed by atoms with E-state index >= 15 is 0 Å². The zero-order valence-corrected chi connectivity index (χ0v) is 18.3. The number of hydrogen-bond acceptors (Lipinski definition) is 5. The molecule has 5 rings (SSSR count). The van der Waals surface area contributed by atoms with Gasteiger partial charge in [-0.15, -0.1) is 0 Å². The van der Waals surface area contributed by atoms with Crippen LogP contribution in [0.3, 0.4) is 0 Å². The normalized spacial score (nSPS) is 15.5. The first kappa shape index (κ1) is 21.4. The number of rotatable bonds is 5. The number of fused-ring (bicyclic) bond motifs is 4. The number of nitrogens with two attached hydrogens (primary N) is 1. The molecule has 2 aromatic carbocycles. The number of azide groups is 1. The summed E-state index contributed by atoms with van der Waals surface area (Å²) in [5.41, 5.74) is 16.0. The fraction of sp³-hybridized carbons (Fsp3) is 0.250.